The summed E-state index contributed by atoms with van der Waals surface area (Å²) in [6.07, 6.45) is 42.1. The van der Waals surface area contributed by atoms with Gasteiger partial charge in [0.1, 0.15) is 31.0 Å². The van der Waals surface area contributed by atoms with Gasteiger partial charge in [-0.2, -0.15) is 0 Å². The first-order valence-corrected chi connectivity index (χ1v) is 23.0. The largest absolute Gasteiger partial charge is 0.462 e. The van der Waals surface area contributed by atoms with Crippen LogP contribution in [0.5, 0.6) is 0 Å². The Morgan fingerprint density at radius 1 is 0.525 bits per heavy atom. The van der Waals surface area contributed by atoms with Crippen LogP contribution in [0.2, 0.25) is 0 Å². The lowest BCUT2D eigenvalue weighted by atomic mass is 9.99. The molecule has 0 spiro atoms. The molecule has 0 aromatic rings. The molecule has 1 saturated heterocycles. The fourth-order valence-electron chi connectivity index (χ4n) is 6.40. The fourth-order valence-corrected chi connectivity index (χ4v) is 6.40. The Labute approximate surface area is 357 Å². The summed E-state index contributed by atoms with van der Waals surface area (Å²) in [4.78, 5) is 25.3. The minimum atomic E-state index is -1.61. The van der Waals surface area contributed by atoms with Crippen LogP contribution in [-0.4, -0.2) is 89.0 Å². The second kappa shape index (κ2) is 39.3. The molecule has 1 aliphatic rings. The lowest BCUT2D eigenvalue weighted by Gasteiger charge is -2.39. The third-order valence-electron chi connectivity index (χ3n) is 10.1. The third-order valence-corrected chi connectivity index (χ3v) is 10.1. The van der Waals surface area contributed by atoms with Gasteiger partial charge in [0.25, 0.3) is 0 Å². The number of carbonyl (C=O) groups is 2. The summed E-state index contributed by atoms with van der Waals surface area (Å²) in [5, 5.41) is 40.1. The van der Waals surface area contributed by atoms with Gasteiger partial charge in [-0.3, -0.25) is 9.59 Å². The van der Waals surface area contributed by atoms with Crippen molar-refractivity contribution in [2.45, 2.75) is 205 Å². The summed E-state index contributed by atoms with van der Waals surface area (Å²) >= 11 is 0. The molecule has 1 aliphatic heterocycles. The summed E-state index contributed by atoms with van der Waals surface area (Å²) in [7, 11) is 0. The van der Waals surface area contributed by atoms with Gasteiger partial charge in [0, 0.05) is 12.8 Å². The van der Waals surface area contributed by atoms with Crippen LogP contribution in [0, 0.1) is 0 Å². The normalized spacial score (nSPS) is 20.7. The standard InChI is InChI=1S/C49H82O10/c1-3-5-7-9-11-13-15-17-19-21-23-25-27-29-31-33-35-37-44(51)56-40-42(41-57-49-48(55)47(54)46(53)43(39-50)59-49)58-45(52)38-36-34-32-30-28-26-24-22-20-18-16-14-12-10-8-6-4-2/h12,14,18,20,23-26,29-32,42-43,46-50,53-55H,3-11,13,15-17,19,21-22,27-28,33-41H2,1-2H3/b14-12+,20-18+,25-23+,26-24+,31-29+,32-30+/t42-,43-,46+,47?,48?,49-/m0/s1. The topological polar surface area (TPSA) is 152 Å². The highest BCUT2D eigenvalue weighted by atomic mass is 16.7. The number of aliphatic hydroxyl groups excluding tert-OH is 4. The van der Waals surface area contributed by atoms with Crippen LogP contribution >= 0.6 is 0 Å². The van der Waals surface area contributed by atoms with E-state index in [2.05, 4.69) is 80.7 Å². The van der Waals surface area contributed by atoms with E-state index in [1.165, 1.54) is 77.0 Å². The minimum absolute atomic E-state index is 0.142. The number of hydrogen-bond donors (Lipinski definition) is 4. The van der Waals surface area contributed by atoms with Gasteiger partial charge < -0.3 is 39.4 Å². The Hall–Kier alpha value is -2.86. The molecule has 0 bridgehead atoms. The Balaban J connectivity index is 2.40. The highest BCUT2D eigenvalue weighted by Gasteiger charge is 2.44. The van der Waals surface area contributed by atoms with Gasteiger partial charge >= 0.3 is 11.9 Å². The van der Waals surface area contributed by atoms with Crippen molar-refractivity contribution in [3.05, 3.63) is 72.9 Å². The van der Waals surface area contributed by atoms with Crippen LogP contribution in [-0.2, 0) is 28.5 Å². The summed E-state index contributed by atoms with van der Waals surface area (Å²) in [5.74, 6) is -0.930. The maximum atomic E-state index is 12.7. The molecule has 0 aliphatic carbocycles. The van der Waals surface area contributed by atoms with E-state index in [-0.39, 0.29) is 26.1 Å². The predicted octanol–water partition coefficient (Wildman–Crippen LogP) is 10.00. The van der Waals surface area contributed by atoms with Crippen molar-refractivity contribution < 1.29 is 49.0 Å². The third kappa shape index (κ3) is 30.8. The number of hydrogen-bond acceptors (Lipinski definition) is 10. The molecule has 0 amide bonds. The zero-order chi connectivity index (χ0) is 43.0. The predicted molar refractivity (Wildman–Crippen MR) is 238 cm³/mol. The summed E-state index contributed by atoms with van der Waals surface area (Å²) < 4.78 is 22.1. The summed E-state index contributed by atoms with van der Waals surface area (Å²) in [6.45, 7) is 3.29. The first kappa shape index (κ1) is 54.2. The first-order chi connectivity index (χ1) is 28.8. The zero-order valence-electron chi connectivity index (χ0n) is 36.7. The molecular formula is C49H82O10. The quantitative estimate of drug-likeness (QED) is 0.0271. The first-order valence-electron chi connectivity index (χ1n) is 23.0. The fraction of sp³-hybridized carbons (Fsp3) is 0.714. The molecule has 1 heterocycles. The van der Waals surface area contributed by atoms with Gasteiger partial charge in [-0.25, -0.2) is 0 Å². The van der Waals surface area contributed by atoms with Crippen molar-refractivity contribution in [2.24, 2.45) is 0 Å². The second-order valence-corrected chi connectivity index (χ2v) is 15.5. The van der Waals surface area contributed by atoms with Crippen LogP contribution in [0.4, 0.5) is 0 Å². The molecule has 0 aromatic carbocycles. The molecule has 1 rings (SSSR count). The molecule has 59 heavy (non-hydrogen) atoms. The van der Waals surface area contributed by atoms with E-state index in [1.807, 2.05) is 6.08 Å². The average Bonchev–Trinajstić information content (AvgIpc) is 3.23. The van der Waals surface area contributed by atoms with Crippen molar-refractivity contribution in [3.63, 3.8) is 0 Å². The Bertz CT molecular complexity index is 1190. The van der Waals surface area contributed by atoms with Crippen molar-refractivity contribution in [2.75, 3.05) is 19.8 Å². The molecule has 0 radical (unpaired) electrons. The zero-order valence-corrected chi connectivity index (χ0v) is 36.7. The summed E-state index contributed by atoms with van der Waals surface area (Å²) in [6, 6.07) is 0. The van der Waals surface area contributed by atoms with Crippen LogP contribution in [0.25, 0.3) is 0 Å². The molecule has 338 valence electrons. The summed E-state index contributed by atoms with van der Waals surface area (Å²) in [5.41, 5.74) is 0. The molecule has 6 atom stereocenters. The average molecular weight is 831 g/mol. The van der Waals surface area contributed by atoms with Gasteiger partial charge in [-0.15, -0.1) is 0 Å². The van der Waals surface area contributed by atoms with Crippen LogP contribution in [0.1, 0.15) is 168 Å². The molecule has 2 unspecified atom stereocenters. The number of esters is 2. The number of unbranched alkanes of at least 4 members (excludes halogenated alkanes) is 14. The molecule has 0 aromatic heterocycles. The monoisotopic (exact) mass is 831 g/mol. The molecule has 4 N–H and O–H groups in total. The maximum Gasteiger partial charge on any atom is 0.306 e. The van der Waals surface area contributed by atoms with Crippen LogP contribution in [0.15, 0.2) is 72.9 Å². The highest BCUT2D eigenvalue weighted by molar-refractivity contribution is 5.70. The molecule has 10 heteroatoms. The van der Waals surface area contributed by atoms with E-state index in [0.29, 0.717) is 19.3 Å². The van der Waals surface area contributed by atoms with Gasteiger partial charge in [-0.05, 0) is 77.0 Å². The highest BCUT2D eigenvalue weighted by Crippen LogP contribution is 2.22. The Morgan fingerprint density at radius 3 is 1.46 bits per heavy atom. The molecule has 1 fully saturated rings. The number of ether oxygens (including phenoxy) is 4. The van der Waals surface area contributed by atoms with Gasteiger partial charge in [0.05, 0.1) is 13.2 Å². The van der Waals surface area contributed by atoms with Crippen molar-refractivity contribution >= 4 is 11.9 Å². The van der Waals surface area contributed by atoms with E-state index in [4.69, 9.17) is 18.9 Å². The number of allylic oxidation sites excluding steroid dienone is 12. The number of carbonyl (C=O) groups excluding carboxylic acids is 2. The molecular weight excluding hydrogens is 749 g/mol. The molecule has 0 saturated carbocycles. The van der Waals surface area contributed by atoms with E-state index in [0.717, 1.165) is 44.9 Å². The lowest BCUT2D eigenvalue weighted by molar-refractivity contribution is -0.305. The van der Waals surface area contributed by atoms with Crippen LogP contribution in [0.3, 0.4) is 0 Å². The van der Waals surface area contributed by atoms with E-state index >= 15 is 0 Å². The Kier molecular flexibility index (Phi) is 36.1. The van der Waals surface area contributed by atoms with E-state index in [9.17, 15) is 30.0 Å². The number of rotatable bonds is 37. The number of aliphatic hydroxyl groups is 4. The second-order valence-electron chi connectivity index (χ2n) is 15.5. The van der Waals surface area contributed by atoms with Crippen molar-refractivity contribution in [1.29, 1.82) is 0 Å². The van der Waals surface area contributed by atoms with Gasteiger partial charge in [-0.1, -0.05) is 151 Å². The van der Waals surface area contributed by atoms with Crippen molar-refractivity contribution in [3.8, 4) is 0 Å². The SMILES string of the molecule is CCCCC/C=C/C/C=C/C/C=C/C/C=C/CCCC(=O)O[C@@H](COC(=O)CCC/C=C/C/C=C/CCCCCCCCCCC)CO[C@H]1O[C@@H](CO)[C@@H](O)C(O)C1O. The van der Waals surface area contributed by atoms with Gasteiger partial charge in [0.15, 0.2) is 12.4 Å². The minimum Gasteiger partial charge on any atom is -0.462 e. The lowest BCUT2D eigenvalue weighted by Crippen LogP contribution is -2.59. The van der Waals surface area contributed by atoms with Crippen LogP contribution < -0.4 is 0 Å². The van der Waals surface area contributed by atoms with Crippen molar-refractivity contribution in [1.82, 2.24) is 0 Å². The Morgan fingerprint density at radius 2 is 0.949 bits per heavy atom. The van der Waals surface area contributed by atoms with E-state index in [1.54, 1.807) is 0 Å². The maximum absolute atomic E-state index is 12.7. The molecule has 10 nitrogen and oxygen atoms in total. The van der Waals surface area contributed by atoms with Gasteiger partial charge in [0.2, 0.25) is 0 Å². The smallest absolute Gasteiger partial charge is 0.306 e. The van der Waals surface area contributed by atoms with E-state index < -0.39 is 55.4 Å².